The van der Waals surface area contributed by atoms with Gasteiger partial charge in [0.05, 0.1) is 16.7 Å². The fourth-order valence-corrected chi connectivity index (χ4v) is 5.25. The molecule has 0 unspecified atom stereocenters. The second-order valence-electron chi connectivity index (χ2n) is 9.44. The number of furan rings is 1. The van der Waals surface area contributed by atoms with Gasteiger partial charge in [0.15, 0.2) is 11.6 Å². The molecule has 5 heteroatoms. The number of para-hydroxylation sites is 3. The van der Waals surface area contributed by atoms with Crippen LogP contribution in [0, 0.1) is 0 Å². The molecule has 0 bridgehead atoms. The highest BCUT2D eigenvalue weighted by molar-refractivity contribution is 6.20. The Morgan fingerprint density at radius 2 is 1.55 bits per heavy atom. The first-order valence-corrected chi connectivity index (χ1v) is 13.3. The number of hydrogen-bond acceptors (Lipinski definition) is 4. The summed E-state index contributed by atoms with van der Waals surface area (Å²) in [6, 6.07) is 33.2. The van der Waals surface area contributed by atoms with E-state index in [1.54, 1.807) is 13.1 Å². The lowest BCUT2D eigenvalue weighted by Crippen LogP contribution is -2.17. The first-order valence-electron chi connectivity index (χ1n) is 13.3. The van der Waals surface area contributed by atoms with Gasteiger partial charge in [-0.2, -0.15) is 0 Å². The van der Waals surface area contributed by atoms with Gasteiger partial charge in [-0.15, -0.1) is 0 Å². The smallest absolute Gasteiger partial charge is 0.193 e. The Morgan fingerprint density at radius 3 is 2.33 bits per heavy atom. The van der Waals surface area contributed by atoms with E-state index in [2.05, 4.69) is 82.8 Å². The molecule has 0 saturated carbocycles. The van der Waals surface area contributed by atoms with Crippen LogP contribution < -0.4 is 10.6 Å². The summed E-state index contributed by atoms with van der Waals surface area (Å²) in [7, 11) is 1.78. The molecule has 0 atom stereocenters. The van der Waals surface area contributed by atoms with E-state index in [4.69, 9.17) is 15.1 Å². The van der Waals surface area contributed by atoms with E-state index < -0.39 is 0 Å². The number of allylic oxidation sites excluding steroid dienone is 4. The Morgan fingerprint density at radius 1 is 0.825 bits per heavy atom. The van der Waals surface area contributed by atoms with E-state index in [9.17, 15) is 0 Å². The average molecular weight is 523 g/mol. The monoisotopic (exact) mass is 522 g/mol. The highest BCUT2D eigenvalue weighted by Gasteiger charge is 2.22. The highest BCUT2D eigenvalue weighted by atomic mass is 16.3. The average Bonchev–Trinajstić information content (AvgIpc) is 3.51. The number of aromatic nitrogens is 1. The molecule has 0 fully saturated rings. The number of anilines is 3. The van der Waals surface area contributed by atoms with E-state index >= 15 is 0 Å². The van der Waals surface area contributed by atoms with Crippen LogP contribution in [0.4, 0.5) is 17.1 Å². The van der Waals surface area contributed by atoms with Gasteiger partial charge >= 0.3 is 0 Å². The first-order chi connectivity index (χ1) is 19.7. The van der Waals surface area contributed by atoms with E-state index in [-0.39, 0.29) is 0 Å². The molecular formula is C35H30N4O. The number of nitrogens with two attached hydrogens (primary N) is 1. The quantitative estimate of drug-likeness (QED) is 0.130. The van der Waals surface area contributed by atoms with E-state index in [1.165, 1.54) is 0 Å². The van der Waals surface area contributed by atoms with Crippen molar-refractivity contribution in [3.8, 4) is 0 Å². The summed E-state index contributed by atoms with van der Waals surface area (Å²) < 4.78 is 8.41. The molecule has 0 aliphatic heterocycles. The van der Waals surface area contributed by atoms with Gasteiger partial charge in [0.1, 0.15) is 5.58 Å². The normalized spacial score (nSPS) is 12.4. The van der Waals surface area contributed by atoms with Crippen LogP contribution in [0.25, 0.3) is 32.8 Å². The fraction of sp³-hybridized carbons (Fsp3) is 0.0571. The molecule has 4 aromatic carbocycles. The third-order valence-corrected chi connectivity index (χ3v) is 7.08. The minimum absolute atomic E-state index is 0.569. The topological polar surface area (TPSA) is 59.7 Å². The lowest BCUT2D eigenvalue weighted by Gasteiger charge is -2.24. The zero-order valence-electron chi connectivity index (χ0n) is 22.4. The molecule has 2 N–H and O–H groups in total. The second-order valence-corrected chi connectivity index (χ2v) is 9.44. The van der Waals surface area contributed by atoms with Crippen molar-refractivity contribution in [1.82, 2.24) is 4.57 Å². The van der Waals surface area contributed by atoms with Crippen molar-refractivity contribution in [3.63, 3.8) is 0 Å². The summed E-state index contributed by atoms with van der Waals surface area (Å²) in [5.41, 5.74) is 12.2. The molecule has 0 radical (unpaired) electrons. The molecule has 0 amide bonds. The zero-order valence-corrected chi connectivity index (χ0v) is 22.4. The molecule has 2 heterocycles. The van der Waals surface area contributed by atoms with E-state index in [1.807, 2.05) is 54.6 Å². The van der Waals surface area contributed by atoms with Gasteiger partial charge in [0.2, 0.25) is 0 Å². The summed E-state index contributed by atoms with van der Waals surface area (Å²) in [5.74, 6) is 1.24. The third-order valence-electron chi connectivity index (χ3n) is 7.08. The predicted octanol–water partition coefficient (Wildman–Crippen LogP) is 8.48. The number of fused-ring (bicyclic) bond motifs is 4. The second kappa shape index (κ2) is 10.8. The third kappa shape index (κ3) is 4.37. The van der Waals surface area contributed by atoms with Crippen molar-refractivity contribution in [2.75, 3.05) is 24.2 Å². The molecule has 196 valence electrons. The van der Waals surface area contributed by atoms with Crippen LogP contribution in [0.2, 0.25) is 0 Å². The van der Waals surface area contributed by atoms with Crippen LogP contribution in [0.15, 0.2) is 143 Å². The molecule has 0 saturated heterocycles. The molecule has 2 aromatic heterocycles. The van der Waals surface area contributed by atoms with Crippen LogP contribution in [0.5, 0.6) is 0 Å². The number of hydrogen-bond donors (Lipinski definition) is 1. The largest absolute Gasteiger partial charge is 0.451 e. The molecule has 0 spiro atoms. The summed E-state index contributed by atoms with van der Waals surface area (Å²) in [6.45, 7) is 4.46. The maximum absolute atomic E-state index is 6.60. The van der Waals surface area contributed by atoms with Gasteiger partial charge in [0, 0.05) is 41.1 Å². The molecule has 6 rings (SSSR count). The maximum Gasteiger partial charge on any atom is 0.193 e. The number of nitrogens with zero attached hydrogens (tertiary/aromatic N) is 3. The van der Waals surface area contributed by atoms with E-state index in [0.29, 0.717) is 23.8 Å². The minimum Gasteiger partial charge on any atom is -0.451 e. The van der Waals surface area contributed by atoms with Crippen LogP contribution in [-0.4, -0.2) is 24.0 Å². The van der Waals surface area contributed by atoms with Crippen molar-refractivity contribution in [2.24, 2.45) is 4.99 Å². The Balaban J connectivity index is 1.52. The number of nitrogen functional groups attached to an aromatic ring is 1. The molecule has 40 heavy (non-hydrogen) atoms. The molecule has 5 nitrogen and oxygen atoms in total. The highest BCUT2D eigenvalue weighted by Crippen LogP contribution is 2.37. The zero-order chi connectivity index (χ0) is 27.5. The maximum atomic E-state index is 6.60. The summed E-state index contributed by atoms with van der Waals surface area (Å²) in [4.78, 5) is 7.00. The van der Waals surface area contributed by atoms with Gasteiger partial charge in [-0.25, -0.2) is 0 Å². The van der Waals surface area contributed by atoms with Crippen molar-refractivity contribution in [1.29, 1.82) is 0 Å². The van der Waals surface area contributed by atoms with Gasteiger partial charge < -0.3 is 15.1 Å². The Hall–Kier alpha value is -5.29. The van der Waals surface area contributed by atoms with Crippen molar-refractivity contribution in [2.45, 2.75) is 0 Å². The summed E-state index contributed by atoms with van der Waals surface area (Å²) >= 11 is 0. The molecular weight excluding hydrogens is 492 g/mol. The summed E-state index contributed by atoms with van der Waals surface area (Å²) in [6.07, 6.45) is 9.88. The minimum atomic E-state index is 0.569. The van der Waals surface area contributed by atoms with Crippen molar-refractivity contribution in [3.05, 3.63) is 140 Å². The van der Waals surface area contributed by atoms with Gasteiger partial charge in [-0.1, -0.05) is 85.5 Å². The molecule has 0 aliphatic rings. The van der Waals surface area contributed by atoms with Gasteiger partial charge in [-0.05, 0) is 48.5 Å². The SMILES string of the molecule is C=C/C=C\C=C/CN(c1ccccc1)c1ccc2c(c1)c1ccccc1n2/C(=N/C)c1oc2ccccc2c1N. The van der Waals surface area contributed by atoms with Crippen LogP contribution >= 0.6 is 0 Å². The van der Waals surface area contributed by atoms with E-state index in [0.717, 1.165) is 44.1 Å². The molecule has 0 aliphatic carbocycles. The lowest BCUT2D eigenvalue weighted by atomic mass is 10.1. The van der Waals surface area contributed by atoms with Crippen LogP contribution in [0.3, 0.4) is 0 Å². The number of rotatable bonds is 7. The lowest BCUT2D eigenvalue weighted by molar-refractivity contribution is 0.603. The molecule has 6 aromatic rings. The van der Waals surface area contributed by atoms with Crippen LogP contribution in [-0.2, 0) is 0 Å². The van der Waals surface area contributed by atoms with Crippen molar-refractivity contribution < 1.29 is 4.42 Å². The Labute approximate surface area is 233 Å². The Bertz CT molecular complexity index is 1920. The first kappa shape index (κ1) is 25.0. The predicted molar refractivity (Wildman–Crippen MR) is 170 cm³/mol. The fourth-order valence-electron chi connectivity index (χ4n) is 5.25. The van der Waals surface area contributed by atoms with Gasteiger partial charge in [0.25, 0.3) is 0 Å². The van der Waals surface area contributed by atoms with Gasteiger partial charge in [-0.3, -0.25) is 9.56 Å². The Kier molecular flexibility index (Phi) is 6.77. The number of benzene rings is 4. The van der Waals surface area contributed by atoms with Crippen molar-refractivity contribution >= 4 is 55.7 Å². The van der Waals surface area contributed by atoms with Crippen LogP contribution in [0.1, 0.15) is 5.76 Å². The summed E-state index contributed by atoms with van der Waals surface area (Å²) in [5, 5.41) is 3.14. The number of aliphatic imine (C=N–C) groups is 1. The standard InChI is InChI=1S/C35H30N4O/c1-3-4-5-6-14-23-38(25-15-8-7-9-16-25)26-21-22-31-29(24-26)27-17-10-12-19-30(27)39(31)35(37-2)34-33(36)28-18-11-13-20-32(28)40-34/h3-22,24H,1,23,36H2,2H3/b5-4-,14-6-,37-35+.